The van der Waals surface area contributed by atoms with Crippen molar-refractivity contribution in [2.24, 2.45) is 0 Å². The molecule has 0 radical (unpaired) electrons. The topological polar surface area (TPSA) is 51.1 Å². The van der Waals surface area contributed by atoms with E-state index in [1.807, 2.05) is 36.4 Å². The van der Waals surface area contributed by atoms with Crippen molar-refractivity contribution in [1.82, 2.24) is 4.57 Å². The molecule has 3 rings (SSSR count). The molecule has 0 aliphatic carbocycles. The van der Waals surface area contributed by atoms with Gasteiger partial charge in [-0.3, -0.25) is 14.2 Å². The first-order chi connectivity index (χ1) is 10.1. The number of hydrogen-bond donors (Lipinski definition) is 1. The number of benzene rings is 2. The lowest BCUT2D eigenvalue weighted by Crippen LogP contribution is -2.11. The Kier molecular flexibility index (Phi) is 3.28. The minimum atomic E-state index is -0.170. The van der Waals surface area contributed by atoms with Gasteiger partial charge in [-0.15, -0.1) is 0 Å². The number of fused-ring (bicyclic) bond motifs is 1. The van der Waals surface area contributed by atoms with Gasteiger partial charge in [0.1, 0.15) is 0 Å². The summed E-state index contributed by atoms with van der Waals surface area (Å²) in [4.78, 5) is 23.7. The third-order valence-electron chi connectivity index (χ3n) is 3.33. The Morgan fingerprint density at radius 1 is 1.00 bits per heavy atom. The Morgan fingerprint density at radius 2 is 1.76 bits per heavy atom. The van der Waals surface area contributed by atoms with Crippen LogP contribution in [-0.2, 0) is 0 Å². The minimum absolute atomic E-state index is 0.0588. The van der Waals surface area contributed by atoms with Crippen LogP contribution in [0.15, 0.2) is 60.8 Å². The fraction of sp³-hybridized carbons (Fsp3) is 0.0588. The van der Waals surface area contributed by atoms with Crippen molar-refractivity contribution in [1.29, 1.82) is 0 Å². The molecule has 0 unspecified atom stereocenters. The lowest BCUT2D eigenvalue weighted by molar-refractivity contribution is 0.0941. The van der Waals surface area contributed by atoms with Crippen molar-refractivity contribution < 1.29 is 9.59 Å². The third kappa shape index (κ3) is 2.56. The van der Waals surface area contributed by atoms with Crippen LogP contribution in [0.25, 0.3) is 10.9 Å². The number of anilines is 1. The van der Waals surface area contributed by atoms with E-state index in [1.54, 1.807) is 29.0 Å². The number of aromatic nitrogens is 1. The average Bonchev–Trinajstić information content (AvgIpc) is 2.91. The monoisotopic (exact) mass is 278 g/mol. The highest BCUT2D eigenvalue weighted by molar-refractivity contribution is 6.05. The Labute approximate surface area is 122 Å². The predicted molar refractivity (Wildman–Crippen MR) is 82.6 cm³/mol. The molecule has 104 valence electrons. The summed E-state index contributed by atoms with van der Waals surface area (Å²) in [7, 11) is 0. The number of hydrogen-bond acceptors (Lipinski definition) is 2. The van der Waals surface area contributed by atoms with Crippen molar-refractivity contribution in [3.63, 3.8) is 0 Å². The number of rotatable bonds is 2. The van der Waals surface area contributed by atoms with Gasteiger partial charge in [0.25, 0.3) is 5.91 Å². The molecule has 1 heterocycles. The summed E-state index contributed by atoms with van der Waals surface area (Å²) in [5.41, 5.74) is 2.05. The van der Waals surface area contributed by atoms with Crippen LogP contribution in [0.5, 0.6) is 0 Å². The van der Waals surface area contributed by atoms with Gasteiger partial charge in [-0.2, -0.15) is 0 Å². The quantitative estimate of drug-likeness (QED) is 0.779. The smallest absolute Gasteiger partial charge is 0.255 e. The van der Waals surface area contributed by atoms with E-state index in [9.17, 15) is 9.59 Å². The Hall–Kier alpha value is -2.88. The van der Waals surface area contributed by atoms with Gasteiger partial charge in [-0.25, -0.2) is 0 Å². The van der Waals surface area contributed by atoms with Gasteiger partial charge in [-0.05, 0) is 30.3 Å². The summed E-state index contributed by atoms with van der Waals surface area (Å²) in [5, 5.41) is 3.80. The summed E-state index contributed by atoms with van der Waals surface area (Å²) in [6.07, 6.45) is 1.73. The second kappa shape index (κ2) is 5.25. The number of amides is 1. The van der Waals surface area contributed by atoms with Crippen LogP contribution < -0.4 is 5.32 Å². The molecule has 1 aromatic heterocycles. The lowest BCUT2D eigenvalue weighted by atomic mass is 10.2. The summed E-state index contributed by atoms with van der Waals surface area (Å²) < 4.78 is 1.56. The van der Waals surface area contributed by atoms with Crippen LogP contribution >= 0.6 is 0 Å². The summed E-state index contributed by atoms with van der Waals surface area (Å²) >= 11 is 0. The molecular formula is C17H14N2O2. The van der Waals surface area contributed by atoms with Crippen LogP contribution in [0, 0.1) is 0 Å². The van der Waals surface area contributed by atoms with Gasteiger partial charge >= 0.3 is 0 Å². The molecule has 1 amide bonds. The molecule has 0 bridgehead atoms. The van der Waals surface area contributed by atoms with E-state index in [0.29, 0.717) is 11.3 Å². The second-order valence-corrected chi connectivity index (χ2v) is 4.80. The zero-order valence-electron chi connectivity index (χ0n) is 11.5. The van der Waals surface area contributed by atoms with Gasteiger partial charge in [-0.1, -0.05) is 24.3 Å². The zero-order valence-corrected chi connectivity index (χ0v) is 11.5. The van der Waals surface area contributed by atoms with Crippen molar-refractivity contribution >= 4 is 28.4 Å². The first kappa shape index (κ1) is 13.1. The predicted octanol–water partition coefficient (Wildman–Crippen LogP) is 3.55. The van der Waals surface area contributed by atoms with Crippen LogP contribution in [0.2, 0.25) is 0 Å². The molecule has 4 heteroatoms. The van der Waals surface area contributed by atoms with Gasteiger partial charge < -0.3 is 5.32 Å². The van der Waals surface area contributed by atoms with Crippen molar-refractivity contribution in [2.45, 2.75) is 6.92 Å². The molecule has 21 heavy (non-hydrogen) atoms. The zero-order chi connectivity index (χ0) is 14.8. The SMILES string of the molecule is CC(=O)n1ccc2ccc(NC(=O)c3ccccc3)cc21. The van der Waals surface area contributed by atoms with E-state index < -0.39 is 0 Å². The van der Waals surface area contributed by atoms with E-state index in [1.165, 1.54) is 6.92 Å². The summed E-state index contributed by atoms with van der Waals surface area (Å²) in [5.74, 6) is -0.229. The number of nitrogens with one attached hydrogen (secondary N) is 1. The molecule has 0 aliphatic heterocycles. The van der Waals surface area contributed by atoms with E-state index in [0.717, 1.165) is 10.9 Å². The highest BCUT2D eigenvalue weighted by atomic mass is 16.2. The molecule has 3 aromatic rings. The fourth-order valence-electron chi connectivity index (χ4n) is 2.27. The largest absolute Gasteiger partial charge is 0.322 e. The molecule has 0 aliphatic rings. The molecular weight excluding hydrogens is 264 g/mol. The molecule has 2 aromatic carbocycles. The molecule has 0 saturated carbocycles. The van der Waals surface area contributed by atoms with Crippen molar-refractivity contribution in [3.05, 3.63) is 66.4 Å². The summed E-state index contributed by atoms with van der Waals surface area (Å²) in [6.45, 7) is 1.51. The van der Waals surface area contributed by atoms with Crippen LogP contribution in [0.3, 0.4) is 0 Å². The van der Waals surface area contributed by atoms with Crippen LogP contribution in [0.1, 0.15) is 22.1 Å². The van der Waals surface area contributed by atoms with E-state index in [-0.39, 0.29) is 11.8 Å². The van der Waals surface area contributed by atoms with Gasteiger partial charge in [0.2, 0.25) is 5.91 Å². The Morgan fingerprint density at radius 3 is 2.48 bits per heavy atom. The van der Waals surface area contributed by atoms with Gasteiger partial charge in [0, 0.05) is 29.8 Å². The molecule has 1 N–H and O–H groups in total. The van der Waals surface area contributed by atoms with E-state index >= 15 is 0 Å². The number of carbonyl (C=O) groups is 2. The standard InChI is InChI=1S/C17H14N2O2/c1-12(20)19-10-9-13-7-8-15(11-16(13)19)18-17(21)14-5-3-2-4-6-14/h2-11H,1H3,(H,18,21). The molecule has 4 nitrogen and oxygen atoms in total. The maximum absolute atomic E-state index is 12.1. The molecule has 0 fully saturated rings. The molecule has 0 atom stereocenters. The third-order valence-corrected chi connectivity index (χ3v) is 3.33. The number of nitrogens with zero attached hydrogens (tertiary/aromatic N) is 1. The lowest BCUT2D eigenvalue weighted by Gasteiger charge is -2.06. The van der Waals surface area contributed by atoms with Crippen molar-refractivity contribution in [2.75, 3.05) is 5.32 Å². The average molecular weight is 278 g/mol. The first-order valence-corrected chi connectivity index (χ1v) is 6.63. The Balaban J connectivity index is 1.92. The van der Waals surface area contributed by atoms with Crippen LogP contribution in [0.4, 0.5) is 5.69 Å². The highest BCUT2D eigenvalue weighted by Crippen LogP contribution is 2.21. The highest BCUT2D eigenvalue weighted by Gasteiger charge is 2.08. The molecule has 0 spiro atoms. The first-order valence-electron chi connectivity index (χ1n) is 6.63. The summed E-state index contributed by atoms with van der Waals surface area (Å²) in [6, 6.07) is 16.4. The van der Waals surface area contributed by atoms with Crippen LogP contribution in [-0.4, -0.2) is 16.4 Å². The van der Waals surface area contributed by atoms with Gasteiger partial charge in [0.15, 0.2) is 0 Å². The maximum atomic E-state index is 12.1. The Bertz CT molecular complexity index is 819. The maximum Gasteiger partial charge on any atom is 0.255 e. The fourth-order valence-corrected chi connectivity index (χ4v) is 2.27. The van der Waals surface area contributed by atoms with E-state index in [2.05, 4.69) is 5.32 Å². The van der Waals surface area contributed by atoms with E-state index in [4.69, 9.17) is 0 Å². The number of carbonyl (C=O) groups excluding carboxylic acids is 2. The minimum Gasteiger partial charge on any atom is -0.322 e. The molecule has 0 saturated heterocycles. The van der Waals surface area contributed by atoms with Gasteiger partial charge in [0.05, 0.1) is 5.52 Å². The van der Waals surface area contributed by atoms with Crippen molar-refractivity contribution in [3.8, 4) is 0 Å². The second-order valence-electron chi connectivity index (χ2n) is 4.80. The normalized spacial score (nSPS) is 10.5.